The highest BCUT2D eigenvalue weighted by atomic mass is 28.4. The summed E-state index contributed by atoms with van der Waals surface area (Å²) in [7, 11) is -3.06. The van der Waals surface area contributed by atoms with Crippen LogP contribution in [0.1, 0.15) is 52.9 Å². The molecule has 0 rings (SSSR count). The fraction of sp³-hybridized carbons (Fsp3) is 1.00. The van der Waals surface area contributed by atoms with Gasteiger partial charge in [0.05, 0.1) is 12.2 Å². The summed E-state index contributed by atoms with van der Waals surface area (Å²) in [6.07, 6.45) is 0.182. The van der Waals surface area contributed by atoms with E-state index >= 15 is 0 Å². The molecule has 0 aromatic carbocycles. The highest BCUT2D eigenvalue weighted by Gasteiger charge is 2.45. The minimum absolute atomic E-state index is 0.0469. The molecule has 0 aromatic heterocycles. The van der Waals surface area contributed by atoms with Gasteiger partial charge in [0.25, 0.3) is 0 Å². The Kier molecular flexibility index (Phi) is 14.1. The Hall–Kier alpha value is -0.0631. The van der Waals surface area contributed by atoms with Crippen molar-refractivity contribution in [3.8, 4) is 0 Å². The van der Waals surface area contributed by atoms with Crippen molar-refractivity contribution in [2.45, 2.75) is 77.2 Å². The standard InChI is InChI=1S/C16H36O7Si/c1-4-21-24(22-5-2,23-6-3)13-15(19)16(20)14(18)11-9-7-8-10-12-17/h14-20H,4-13H2,1-3H3. The van der Waals surface area contributed by atoms with E-state index in [0.717, 1.165) is 25.7 Å². The van der Waals surface area contributed by atoms with Crippen molar-refractivity contribution in [2.24, 2.45) is 0 Å². The molecule has 0 saturated carbocycles. The Morgan fingerprint density at radius 2 is 1.25 bits per heavy atom. The highest BCUT2D eigenvalue weighted by molar-refractivity contribution is 6.60. The van der Waals surface area contributed by atoms with Crippen LogP contribution >= 0.6 is 0 Å². The van der Waals surface area contributed by atoms with E-state index in [0.29, 0.717) is 26.2 Å². The van der Waals surface area contributed by atoms with Gasteiger partial charge in [0.15, 0.2) is 0 Å². The van der Waals surface area contributed by atoms with Crippen LogP contribution in [0.5, 0.6) is 0 Å². The minimum Gasteiger partial charge on any atom is -0.396 e. The van der Waals surface area contributed by atoms with Crippen molar-refractivity contribution in [1.82, 2.24) is 0 Å². The van der Waals surface area contributed by atoms with Crippen molar-refractivity contribution in [3.63, 3.8) is 0 Å². The van der Waals surface area contributed by atoms with Gasteiger partial charge in [-0.15, -0.1) is 0 Å². The number of aliphatic hydroxyl groups excluding tert-OH is 4. The average molecular weight is 369 g/mol. The summed E-state index contributed by atoms with van der Waals surface area (Å²) >= 11 is 0. The Morgan fingerprint density at radius 3 is 1.71 bits per heavy atom. The number of hydrogen-bond acceptors (Lipinski definition) is 7. The molecule has 0 radical (unpaired) electrons. The third-order valence-electron chi connectivity index (χ3n) is 3.75. The van der Waals surface area contributed by atoms with Gasteiger partial charge in [-0.1, -0.05) is 19.3 Å². The third kappa shape index (κ3) is 9.43. The van der Waals surface area contributed by atoms with Crippen molar-refractivity contribution >= 4 is 8.80 Å². The van der Waals surface area contributed by atoms with Gasteiger partial charge in [-0.25, -0.2) is 0 Å². The fourth-order valence-electron chi connectivity index (χ4n) is 2.58. The summed E-state index contributed by atoms with van der Waals surface area (Å²) < 4.78 is 17.0. The molecule has 0 amide bonds. The first kappa shape index (κ1) is 23.9. The molecular weight excluding hydrogens is 332 g/mol. The topological polar surface area (TPSA) is 109 Å². The molecule has 0 bridgehead atoms. The first-order valence-corrected chi connectivity index (χ1v) is 11.0. The fourth-order valence-corrected chi connectivity index (χ4v) is 5.26. The second kappa shape index (κ2) is 14.1. The maximum absolute atomic E-state index is 10.3. The molecule has 146 valence electrons. The lowest BCUT2D eigenvalue weighted by Crippen LogP contribution is -2.51. The first-order valence-electron chi connectivity index (χ1n) is 9.03. The van der Waals surface area contributed by atoms with Crippen LogP contribution in [0.15, 0.2) is 0 Å². The van der Waals surface area contributed by atoms with E-state index in [2.05, 4.69) is 0 Å². The zero-order chi connectivity index (χ0) is 18.4. The largest absolute Gasteiger partial charge is 0.503 e. The lowest BCUT2D eigenvalue weighted by Gasteiger charge is -2.32. The molecule has 0 aliphatic carbocycles. The zero-order valence-corrected chi connectivity index (χ0v) is 16.3. The predicted molar refractivity (Wildman–Crippen MR) is 93.6 cm³/mol. The monoisotopic (exact) mass is 368 g/mol. The van der Waals surface area contributed by atoms with Crippen molar-refractivity contribution < 1.29 is 33.7 Å². The molecule has 24 heavy (non-hydrogen) atoms. The summed E-state index contributed by atoms with van der Waals surface area (Å²) in [6, 6.07) is 0.0469. The van der Waals surface area contributed by atoms with E-state index in [1.165, 1.54) is 0 Å². The zero-order valence-electron chi connectivity index (χ0n) is 15.3. The van der Waals surface area contributed by atoms with E-state index in [-0.39, 0.29) is 12.7 Å². The smallest absolute Gasteiger partial charge is 0.396 e. The molecule has 3 atom stereocenters. The summed E-state index contributed by atoms with van der Waals surface area (Å²) in [6.45, 7) is 6.81. The summed E-state index contributed by atoms with van der Waals surface area (Å²) in [5.41, 5.74) is 0. The molecule has 0 aromatic rings. The molecule has 7 nitrogen and oxygen atoms in total. The van der Waals surface area contributed by atoms with Gasteiger partial charge in [-0.2, -0.15) is 0 Å². The number of hydrogen-bond donors (Lipinski definition) is 4. The maximum atomic E-state index is 10.3. The van der Waals surface area contributed by atoms with E-state index in [1.807, 2.05) is 20.8 Å². The molecule has 4 N–H and O–H groups in total. The molecule has 0 saturated heterocycles. The van der Waals surface area contributed by atoms with Gasteiger partial charge in [0, 0.05) is 32.5 Å². The van der Waals surface area contributed by atoms with Crippen LogP contribution < -0.4 is 0 Å². The number of rotatable bonds is 16. The van der Waals surface area contributed by atoms with Crippen LogP contribution in [0.4, 0.5) is 0 Å². The molecular formula is C16H36O7Si. The Morgan fingerprint density at radius 1 is 0.750 bits per heavy atom. The van der Waals surface area contributed by atoms with Crippen LogP contribution in [0.3, 0.4) is 0 Å². The average Bonchev–Trinajstić information content (AvgIpc) is 2.54. The predicted octanol–water partition coefficient (Wildman–Crippen LogP) is 1.06. The van der Waals surface area contributed by atoms with Gasteiger partial charge in [0.1, 0.15) is 6.10 Å². The molecule has 0 aliphatic heterocycles. The van der Waals surface area contributed by atoms with E-state index in [1.54, 1.807) is 0 Å². The van der Waals surface area contributed by atoms with E-state index < -0.39 is 27.1 Å². The molecule has 0 heterocycles. The number of aliphatic hydroxyl groups is 4. The van der Waals surface area contributed by atoms with Crippen molar-refractivity contribution in [1.29, 1.82) is 0 Å². The van der Waals surface area contributed by atoms with E-state index in [4.69, 9.17) is 18.4 Å². The molecule has 3 unspecified atom stereocenters. The Balaban J connectivity index is 4.51. The maximum Gasteiger partial charge on any atom is 0.503 e. The minimum atomic E-state index is -3.06. The quantitative estimate of drug-likeness (QED) is 0.238. The number of unbranched alkanes of at least 4 members (excludes halogenated alkanes) is 3. The van der Waals surface area contributed by atoms with Crippen LogP contribution in [-0.4, -0.2) is 74.0 Å². The highest BCUT2D eigenvalue weighted by Crippen LogP contribution is 2.22. The summed E-state index contributed by atoms with van der Waals surface area (Å²) in [5.74, 6) is 0. The molecule has 0 spiro atoms. The van der Waals surface area contributed by atoms with Crippen LogP contribution in [0.25, 0.3) is 0 Å². The van der Waals surface area contributed by atoms with Crippen LogP contribution in [0.2, 0.25) is 6.04 Å². The van der Waals surface area contributed by atoms with Gasteiger partial charge >= 0.3 is 8.80 Å². The van der Waals surface area contributed by atoms with E-state index in [9.17, 15) is 15.3 Å². The normalized spacial score (nSPS) is 16.1. The second-order valence-corrected chi connectivity index (χ2v) is 8.38. The van der Waals surface area contributed by atoms with Crippen molar-refractivity contribution in [3.05, 3.63) is 0 Å². The second-order valence-electron chi connectivity index (χ2n) is 5.74. The molecule has 0 fully saturated rings. The van der Waals surface area contributed by atoms with Crippen LogP contribution in [0, 0.1) is 0 Å². The Bertz CT molecular complexity index is 277. The van der Waals surface area contributed by atoms with Crippen LogP contribution in [-0.2, 0) is 13.3 Å². The third-order valence-corrected chi connectivity index (χ3v) is 6.85. The van der Waals surface area contributed by atoms with Gasteiger partial charge in [-0.05, 0) is 33.6 Å². The van der Waals surface area contributed by atoms with Gasteiger partial charge in [-0.3, -0.25) is 0 Å². The van der Waals surface area contributed by atoms with Gasteiger partial charge in [0.2, 0.25) is 0 Å². The van der Waals surface area contributed by atoms with Gasteiger partial charge < -0.3 is 33.7 Å². The molecule has 8 heteroatoms. The SMILES string of the molecule is CCO[Si](CC(O)C(O)C(O)CCCCCCO)(OCC)OCC. The lowest BCUT2D eigenvalue weighted by molar-refractivity contribution is -0.0626. The lowest BCUT2D eigenvalue weighted by atomic mass is 10.0. The summed E-state index contributed by atoms with van der Waals surface area (Å²) in [5, 5.41) is 39.3. The molecule has 0 aliphatic rings. The first-order chi connectivity index (χ1) is 11.5. The Labute approximate surface area is 146 Å². The summed E-state index contributed by atoms with van der Waals surface area (Å²) in [4.78, 5) is 0. The van der Waals surface area contributed by atoms with Crippen molar-refractivity contribution in [2.75, 3.05) is 26.4 Å².